The summed E-state index contributed by atoms with van der Waals surface area (Å²) in [4.78, 5) is 23.3. The lowest BCUT2D eigenvalue weighted by Gasteiger charge is -2.39. The summed E-state index contributed by atoms with van der Waals surface area (Å²) in [6, 6.07) is 14.8. The van der Waals surface area contributed by atoms with Crippen molar-refractivity contribution >= 4 is 27.0 Å². The molecule has 2 saturated heterocycles. The molecule has 2 aromatic carbocycles. The van der Waals surface area contributed by atoms with Crippen LogP contribution in [0.5, 0.6) is 0 Å². The summed E-state index contributed by atoms with van der Waals surface area (Å²) in [5.74, 6) is 1.51. The van der Waals surface area contributed by atoms with Crippen LogP contribution in [0.1, 0.15) is 33.1 Å². The fourth-order valence-electron chi connectivity index (χ4n) is 5.49. The van der Waals surface area contributed by atoms with E-state index in [4.69, 9.17) is 0 Å². The van der Waals surface area contributed by atoms with Crippen molar-refractivity contribution in [2.45, 2.75) is 38.0 Å². The molecular formula is C26H32N4O3S. The maximum atomic E-state index is 13.5. The number of fused-ring (bicyclic) bond motifs is 1. The van der Waals surface area contributed by atoms with Gasteiger partial charge in [0, 0.05) is 31.7 Å². The molecule has 0 aliphatic carbocycles. The number of aromatic nitrogens is 2. The molecule has 3 heterocycles. The van der Waals surface area contributed by atoms with Gasteiger partial charge in [0.2, 0.25) is 15.9 Å². The monoisotopic (exact) mass is 480 g/mol. The molecule has 1 amide bonds. The highest BCUT2D eigenvalue weighted by Crippen LogP contribution is 2.29. The third kappa shape index (κ3) is 4.49. The first kappa shape index (κ1) is 23.1. The van der Waals surface area contributed by atoms with E-state index in [2.05, 4.69) is 23.8 Å². The molecule has 3 unspecified atom stereocenters. The van der Waals surface area contributed by atoms with Crippen molar-refractivity contribution in [3.05, 3.63) is 48.5 Å². The average molecular weight is 481 g/mol. The highest BCUT2D eigenvalue weighted by Gasteiger charge is 2.36. The van der Waals surface area contributed by atoms with Crippen molar-refractivity contribution in [3.8, 4) is 11.4 Å². The van der Waals surface area contributed by atoms with E-state index in [-0.39, 0.29) is 23.3 Å². The van der Waals surface area contributed by atoms with Crippen LogP contribution in [-0.4, -0.2) is 59.7 Å². The summed E-state index contributed by atoms with van der Waals surface area (Å²) >= 11 is 0. The zero-order valence-corrected chi connectivity index (χ0v) is 20.6. The number of hydrogen-bond donors (Lipinski definition) is 1. The summed E-state index contributed by atoms with van der Waals surface area (Å²) in [5.41, 5.74) is 2.35. The number of benzene rings is 2. The van der Waals surface area contributed by atoms with Crippen LogP contribution in [0.15, 0.2) is 53.4 Å². The van der Waals surface area contributed by atoms with Gasteiger partial charge < -0.3 is 9.88 Å². The van der Waals surface area contributed by atoms with Crippen LogP contribution >= 0.6 is 0 Å². The molecule has 2 aliphatic heterocycles. The van der Waals surface area contributed by atoms with E-state index in [1.807, 2.05) is 35.2 Å². The Balaban J connectivity index is 1.36. The fraction of sp³-hybridized carbons (Fsp3) is 0.462. The number of hydrogen-bond acceptors (Lipinski definition) is 4. The second-order valence-corrected chi connectivity index (χ2v) is 12.0. The molecule has 3 atom stereocenters. The van der Waals surface area contributed by atoms with Crippen molar-refractivity contribution in [2.24, 2.45) is 17.8 Å². The number of rotatable bonds is 4. The number of carbonyl (C=O) groups excluding carboxylic acids is 1. The lowest BCUT2D eigenvalue weighted by atomic mass is 9.90. The lowest BCUT2D eigenvalue weighted by molar-refractivity contribution is -0.139. The van der Waals surface area contributed by atoms with Crippen LogP contribution < -0.4 is 0 Å². The van der Waals surface area contributed by atoms with Gasteiger partial charge in [0.25, 0.3) is 0 Å². The van der Waals surface area contributed by atoms with Gasteiger partial charge in [-0.25, -0.2) is 13.4 Å². The van der Waals surface area contributed by atoms with Gasteiger partial charge in [0.05, 0.1) is 21.8 Å². The van der Waals surface area contributed by atoms with E-state index < -0.39 is 10.0 Å². The largest absolute Gasteiger partial charge is 0.342 e. The van der Waals surface area contributed by atoms with Gasteiger partial charge in [-0.15, -0.1) is 0 Å². The average Bonchev–Trinajstić information content (AvgIpc) is 3.27. The number of imidazole rings is 1. The SMILES string of the molecule is CC1CC(C)CN(C(=O)C2CCCN(S(=O)(=O)c3ccc4nc(-c5ccccc5)[nH]c4c3)C2)C1. The maximum absolute atomic E-state index is 13.5. The molecule has 8 heteroatoms. The van der Waals surface area contributed by atoms with Gasteiger partial charge in [0.1, 0.15) is 5.82 Å². The Morgan fingerprint density at radius 3 is 2.50 bits per heavy atom. The summed E-state index contributed by atoms with van der Waals surface area (Å²) in [6.07, 6.45) is 2.57. The van der Waals surface area contributed by atoms with E-state index in [0.29, 0.717) is 36.1 Å². The highest BCUT2D eigenvalue weighted by molar-refractivity contribution is 7.89. The normalized spacial score (nSPS) is 24.4. The quantitative estimate of drug-likeness (QED) is 0.608. The first-order chi connectivity index (χ1) is 16.3. The topological polar surface area (TPSA) is 86.4 Å². The van der Waals surface area contributed by atoms with Gasteiger partial charge in [0.15, 0.2) is 0 Å². The zero-order chi connectivity index (χ0) is 23.9. The van der Waals surface area contributed by atoms with Gasteiger partial charge in [-0.3, -0.25) is 4.79 Å². The fourth-order valence-corrected chi connectivity index (χ4v) is 7.04. The molecule has 180 valence electrons. The number of piperidine rings is 2. The molecule has 0 bridgehead atoms. The Bertz CT molecular complexity index is 1280. The van der Waals surface area contributed by atoms with Crippen LogP contribution in [0.25, 0.3) is 22.4 Å². The Morgan fingerprint density at radius 2 is 1.76 bits per heavy atom. The molecule has 1 aromatic heterocycles. The van der Waals surface area contributed by atoms with E-state index >= 15 is 0 Å². The maximum Gasteiger partial charge on any atom is 0.243 e. The molecule has 3 aromatic rings. The van der Waals surface area contributed by atoms with Gasteiger partial charge in [-0.1, -0.05) is 44.2 Å². The van der Waals surface area contributed by atoms with Crippen LogP contribution in [-0.2, 0) is 14.8 Å². The standard InChI is InChI=1S/C26H32N4O3S/c1-18-13-19(2)16-29(15-18)26(31)21-9-6-12-30(17-21)34(32,33)22-10-11-23-24(14-22)28-25(27-23)20-7-4-3-5-8-20/h3-5,7-8,10-11,14,18-19,21H,6,9,12-13,15-17H2,1-2H3,(H,27,28). The van der Waals surface area contributed by atoms with Crippen molar-refractivity contribution in [2.75, 3.05) is 26.2 Å². The molecule has 34 heavy (non-hydrogen) atoms. The molecule has 2 aliphatic rings. The predicted octanol–water partition coefficient (Wildman–Crippen LogP) is 4.14. The molecular weight excluding hydrogens is 448 g/mol. The first-order valence-corrected chi connectivity index (χ1v) is 13.6. The van der Waals surface area contributed by atoms with Crippen LogP contribution in [0, 0.1) is 17.8 Å². The summed E-state index contributed by atoms with van der Waals surface area (Å²) in [5, 5.41) is 0. The Labute approximate surface area is 201 Å². The molecule has 0 saturated carbocycles. The number of carbonyl (C=O) groups is 1. The molecule has 0 spiro atoms. The number of amides is 1. The highest BCUT2D eigenvalue weighted by atomic mass is 32.2. The van der Waals surface area contributed by atoms with Crippen LogP contribution in [0.3, 0.4) is 0 Å². The van der Waals surface area contributed by atoms with Gasteiger partial charge in [-0.05, 0) is 49.3 Å². The minimum absolute atomic E-state index is 0.106. The summed E-state index contributed by atoms with van der Waals surface area (Å²) < 4.78 is 28.5. The van der Waals surface area contributed by atoms with Crippen molar-refractivity contribution in [1.82, 2.24) is 19.2 Å². The van der Waals surface area contributed by atoms with Crippen LogP contribution in [0.4, 0.5) is 0 Å². The molecule has 5 rings (SSSR count). The number of sulfonamides is 1. The van der Waals surface area contributed by atoms with Gasteiger partial charge >= 0.3 is 0 Å². The number of likely N-dealkylation sites (tertiary alicyclic amines) is 1. The minimum atomic E-state index is -3.71. The second kappa shape index (κ2) is 9.15. The van der Waals surface area contributed by atoms with Gasteiger partial charge in [-0.2, -0.15) is 4.31 Å². The lowest BCUT2D eigenvalue weighted by Crippen LogP contribution is -2.50. The number of H-pyrrole nitrogens is 1. The van der Waals surface area contributed by atoms with E-state index in [1.54, 1.807) is 18.2 Å². The molecule has 2 fully saturated rings. The third-order valence-electron chi connectivity index (χ3n) is 7.05. The van der Waals surface area contributed by atoms with E-state index in [9.17, 15) is 13.2 Å². The van der Waals surface area contributed by atoms with Crippen molar-refractivity contribution in [1.29, 1.82) is 0 Å². The Hall–Kier alpha value is -2.71. The summed E-state index contributed by atoms with van der Waals surface area (Å²) in [7, 11) is -3.71. The summed E-state index contributed by atoms with van der Waals surface area (Å²) in [6.45, 7) is 6.59. The third-order valence-corrected chi connectivity index (χ3v) is 8.91. The zero-order valence-electron chi connectivity index (χ0n) is 19.8. The Morgan fingerprint density at radius 1 is 1.03 bits per heavy atom. The van der Waals surface area contributed by atoms with Crippen molar-refractivity contribution < 1.29 is 13.2 Å². The molecule has 0 radical (unpaired) electrons. The predicted molar refractivity (Wildman–Crippen MR) is 133 cm³/mol. The smallest absolute Gasteiger partial charge is 0.243 e. The minimum Gasteiger partial charge on any atom is -0.342 e. The Kier molecular flexibility index (Phi) is 6.20. The second-order valence-electron chi connectivity index (χ2n) is 10.0. The number of nitrogens with one attached hydrogen (secondary N) is 1. The van der Waals surface area contributed by atoms with E-state index in [1.165, 1.54) is 4.31 Å². The van der Waals surface area contributed by atoms with Crippen molar-refractivity contribution in [3.63, 3.8) is 0 Å². The van der Waals surface area contributed by atoms with E-state index in [0.717, 1.165) is 37.0 Å². The molecule has 7 nitrogen and oxygen atoms in total. The first-order valence-electron chi connectivity index (χ1n) is 12.2. The van der Waals surface area contributed by atoms with Crippen LogP contribution in [0.2, 0.25) is 0 Å². The number of aromatic amines is 1. The molecule has 1 N–H and O–H groups in total. The number of nitrogens with zero attached hydrogens (tertiary/aromatic N) is 3.